The van der Waals surface area contributed by atoms with Crippen molar-refractivity contribution in [1.82, 2.24) is 24.8 Å². The van der Waals surface area contributed by atoms with E-state index in [0.717, 1.165) is 43.7 Å². The molecule has 3 aromatic rings. The molecule has 0 aliphatic carbocycles. The predicted molar refractivity (Wildman–Crippen MR) is 105 cm³/mol. The molecule has 0 spiro atoms. The van der Waals surface area contributed by atoms with Gasteiger partial charge >= 0.3 is 0 Å². The van der Waals surface area contributed by atoms with Gasteiger partial charge in [0.15, 0.2) is 0 Å². The molecular formula is C21H25N5O2. The number of nitrogens with zero attached hydrogens (tertiary/aromatic N) is 5. The Hall–Kier alpha value is -2.96. The Morgan fingerprint density at radius 2 is 1.86 bits per heavy atom. The lowest BCUT2D eigenvalue weighted by Crippen LogP contribution is -2.39. The molecule has 7 heteroatoms. The highest BCUT2D eigenvalue weighted by Gasteiger charge is 2.24. The van der Waals surface area contributed by atoms with Crippen LogP contribution in [0.3, 0.4) is 0 Å². The van der Waals surface area contributed by atoms with Crippen molar-refractivity contribution >= 4 is 5.91 Å². The van der Waals surface area contributed by atoms with Crippen molar-refractivity contribution in [2.75, 3.05) is 13.1 Å². The zero-order chi connectivity index (χ0) is 19.7. The molecule has 146 valence electrons. The van der Waals surface area contributed by atoms with Crippen LogP contribution in [0.4, 0.5) is 0 Å². The molecule has 4 rings (SSSR count). The van der Waals surface area contributed by atoms with Crippen molar-refractivity contribution in [3.05, 3.63) is 53.2 Å². The number of aryl methyl sites for hydroxylation is 3. The third-order valence-corrected chi connectivity index (χ3v) is 5.35. The van der Waals surface area contributed by atoms with E-state index < -0.39 is 0 Å². The highest BCUT2D eigenvalue weighted by Crippen LogP contribution is 2.22. The fraction of sp³-hybridized carbons (Fsp3) is 0.429. The van der Waals surface area contributed by atoms with Crippen LogP contribution in [-0.2, 0) is 6.54 Å². The van der Waals surface area contributed by atoms with E-state index in [1.807, 2.05) is 36.1 Å². The van der Waals surface area contributed by atoms with Gasteiger partial charge in [0.25, 0.3) is 5.91 Å². The Morgan fingerprint density at radius 1 is 1.14 bits per heavy atom. The van der Waals surface area contributed by atoms with Gasteiger partial charge in [-0.1, -0.05) is 17.3 Å². The first-order valence-electron chi connectivity index (χ1n) is 9.70. The number of piperidine rings is 1. The smallest absolute Gasteiger partial charge is 0.253 e. The minimum absolute atomic E-state index is 0.0837. The first-order valence-corrected chi connectivity index (χ1v) is 9.70. The van der Waals surface area contributed by atoms with Crippen molar-refractivity contribution < 1.29 is 9.32 Å². The zero-order valence-electron chi connectivity index (χ0n) is 16.6. The normalized spacial score (nSPS) is 15.2. The largest absolute Gasteiger partial charge is 0.339 e. The van der Waals surface area contributed by atoms with Crippen molar-refractivity contribution in [2.24, 2.45) is 5.92 Å². The summed E-state index contributed by atoms with van der Waals surface area (Å²) in [5.41, 5.74) is 3.80. The van der Waals surface area contributed by atoms with Crippen molar-refractivity contribution in [3.63, 3.8) is 0 Å². The average Bonchev–Trinajstić information content (AvgIpc) is 3.27. The van der Waals surface area contributed by atoms with Gasteiger partial charge in [-0.15, -0.1) is 0 Å². The van der Waals surface area contributed by atoms with E-state index >= 15 is 0 Å². The molecule has 3 heterocycles. The number of amides is 1. The van der Waals surface area contributed by atoms with Crippen LogP contribution in [0.5, 0.6) is 0 Å². The molecule has 0 unspecified atom stereocenters. The quantitative estimate of drug-likeness (QED) is 0.694. The second kappa shape index (κ2) is 7.58. The van der Waals surface area contributed by atoms with Crippen LogP contribution in [0.2, 0.25) is 0 Å². The first kappa shape index (κ1) is 18.4. The van der Waals surface area contributed by atoms with Crippen LogP contribution in [0.1, 0.15) is 40.5 Å². The number of hydrogen-bond donors (Lipinski definition) is 0. The second-order valence-electron chi connectivity index (χ2n) is 7.56. The molecule has 1 fully saturated rings. The molecule has 0 atom stereocenters. The summed E-state index contributed by atoms with van der Waals surface area (Å²) in [6.45, 7) is 8.38. The SMILES string of the molecule is Cc1cc(C)n(CC2CCN(C(=O)c3ccc(-c4noc(C)n4)cc3)CC2)n1. The molecule has 0 radical (unpaired) electrons. The van der Waals surface area contributed by atoms with Gasteiger partial charge in [0.1, 0.15) is 0 Å². The fourth-order valence-corrected chi connectivity index (χ4v) is 3.78. The molecule has 1 aromatic carbocycles. The summed E-state index contributed by atoms with van der Waals surface area (Å²) in [4.78, 5) is 19.0. The van der Waals surface area contributed by atoms with E-state index in [0.29, 0.717) is 23.2 Å². The number of rotatable bonds is 4. The lowest BCUT2D eigenvalue weighted by atomic mass is 9.96. The number of carbonyl (C=O) groups is 1. The number of hydrogen-bond acceptors (Lipinski definition) is 5. The summed E-state index contributed by atoms with van der Waals surface area (Å²) >= 11 is 0. The molecule has 7 nitrogen and oxygen atoms in total. The highest BCUT2D eigenvalue weighted by molar-refractivity contribution is 5.94. The summed E-state index contributed by atoms with van der Waals surface area (Å²) in [6, 6.07) is 9.52. The summed E-state index contributed by atoms with van der Waals surface area (Å²) < 4.78 is 7.10. The number of carbonyl (C=O) groups excluding carboxylic acids is 1. The molecule has 0 N–H and O–H groups in total. The van der Waals surface area contributed by atoms with E-state index in [-0.39, 0.29) is 5.91 Å². The van der Waals surface area contributed by atoms with Crippen molar-refractivity contribution in [2.45, 2.75) is 40.2 Å². The van der Waals surface area contributed by atoms with E-state index in [4.69, 9.17) is 4.52 Å². The lowest BCUT2D eigenvalue weighted by Gasteiger charge is -2.32. The standard InChI is InChI=1S/C21H25N5O2/c1-14-12-15(2)26(23-14)13-17-8-10-25(11-9-17)21(27)19-6-4-18(5-7-19)20-22-16(3)28-24-20/h4-7,12,17H,8-11,13H2,1-3H3. The topological polar surface area (TPSA) is 77.0 Å². The van der Waals surface area contributed by atoms with Gasteiger partial charge in [0, 0.05) is 43.4 Å². The Labute approximate surface area is 164 Å². The third kappa shape index (κ3) is 3.83. The van der Waals surface area contributed by atoms with Gasteiger partial charge in [-0.05, 0) is 50.8 Å². The molecule has 2 aromatic heterocycles. The van der Waals surface area contributed by atoms with E-state index in [1.165, 1.54) is 5.69 Å². The molecule has 1 amide bonds. The molecular weight excluding hydrogens is 354 g/mol. The number of likely N-dealkylation sites (tertiary alicyclic amines) is 1. The van der Waals surface area contributed by atoms with Crippen LogP contribution in [-0.4, -0.2) is 43.8 Å². The second-order valence-corrected chi connectivity index (χ2v) is 7.56. The number of benzene rings is 1. The third-order valence-electron chi connectivity index (χ3n) is 5.35. The Bertz CT molecular complexity index is 965. The van der Waals surface area contributed by atoms with Crippen LogP contribution in [0, 0.1) is 26.7 Å². The molecule has 1 aliphatic rings. The summed E-state index contributed by atoms with van der Waals surface area (Å²) in [5, 5.41) is 8.47. The minimum Gasteiger partial charge on any atom is -0.339 e. The van der Waals surface area contributed by atoms with E-state index in [2.05, 4.69) is 32.9 Å². The van der Waals surface area contributed by atoms with Gasteiger partial charge in [-0.25, -0.2) is 0 Å². The fourth-order valence-electron chi connectivity index (χ4n) is 3.78. The molecule has 0 bridgehead atoms. The maximum atomic E-state index is 12.8. The van der Waals surface area contributed by atoms with Crippen LogP contribution >= 0.6 is 0 Å². The maximum Gasteiger partial charge on any atom is 0.253 e. The molecule has 28 heavy (non-hydrogen) atoms. The predicted octanol–water partition coefficient (Wildman–Crippen LogP) is 3.41. The van der Waals surface area contributed by atoms with Gasteiger partial charge in [0.05, 0.1) is 5.69 Å². The van der Waals surface area contributed by atoms with E-state index in [1.54, 1.807) is 6.92 Å². The van der Waals surface area contributed by atoms with Crippen LogP contribution in [0.25, 0.3) is 11.4 Å². The monoisotopic (exact) mass is 379 g/mol. The summed E-state index contributed by atoms with van der Waals surface area (Å²) in [5.74, 6) is 1.71. The van der Waals surface area contributed by atoms with Gasteiger partial charge in [-0.3, -0.25) is 9.48 Å². The Balaban J connectivity index is 1.35. The zero-order valence-corrected chi connectivity index (χ0v) is 16.6. The van der Waals surface area contributed by atoms with Crippen LogP contribution in [0.15, 0.2) is 34.9 Å². The van der Waals surface area contributed by atoms with Crippen molar-refractivity contribution in [1.29, 1.82) is 0 Å². The molecule has 0 saturated carbocycles. The van der Waals surface area contributed by atoms with Gasteiger partial charge < -0.3 is 9.42 Å². The summed E-state index contributed by atoms with van der Waals surface area (Å²) in [7, 11) is 0. The van der Waals surface area contributed by atoms with Gasteiger partial charge in [-0.2, -0.15) is 10.1 Å². The van der Waals surface area contributed by atoms with Crippen molar-refractivity contribution in [3.8, 4) is 11.4 Å². The van der Waals surface area contributed by atoms with Gasteiger partial charge in [0.2, 0.25) is 11.7 Å². The van der Waals surface area contributed by atoms with Crippen LogP contribution < -0.4 is 0 Å². The van der Waals surface area contributed by atoms with E-state index in [9.17, 15) is 4.79 Å². The first-order chi connectivity index (χ1) is 13.5. The minimum atomic E-state index is 0.0837. The number of aromatic nitrogens is 4. The lowest BCUT2D eigenvalue weighted by molar-refractivity contribution is 0.0681. The molecule has 1 aliphatic heterocycles. The average molecular weight is 379 g/mol. The Morgan fingerprint density at radius 3 is 2.43 bits per heavy atom. The Kier molecular flexibility index (Phi) is 4.98. The maximum absolute atomic E-state index is 12.8. The highest BCUT2D eigenvalue weighted by atomic mass is 16.5. The summed E-state index contributed by atoms with van der Waals surface area (Å²) in [6.07, 6.45) is 2.01. The molecule has 1 saturated heterocycles.